The summed E-state index contributed by atoms with van der Waals surface area (Å²) in [6.45, 7) is 0. The molecule has 0 bridgehead atoms. The van der Waals surface area contributed by atoms with Crippen molar-refractivity contribution in [3.63, 3.8) is 0 Å². The SMILES string of the molecule is O=C(Nc1cccc(SC(C(=O)Nc2nc(-c3ccc(Br)cc3)cs2)c2ccccc2)c1)/C(=C/c1ccccc1F)NC(=O)c1ccccc1. The standard InChI is InChI=1S/C39H28BrFN4O3S2/c40-29-20-18-25(19-21-29)34-24-49-39(44-34)45-38(48)35(26-10-3-1-4-11-26)50-31-16-9-15-30(23-31)42-37(47)33(22-28-14-7-8-17-32(28)41)43-36(46)27-12-5-2-6-13-27/h1-24,35H,(H,42,47)(H,43,46)(H,44,45,48)/b33-22-. The highest BCUT2D eigenvalue weighted by Gasteiger charge is 2.24. The summed E-state index contributed by atoms with van der Waals surface area (Å²) in [5.74, 6) is -1.97. The second-order valence-corrected chi connectivity index (χ2v) is 13.8. The number of aromatic nitrogens is 1. The van der Waals surface area contributed by atoms with Crippen molar-refractivity contribution in [2.24, 2.45) is 0 Å². The average molecular weight is 764 g/mol. The van der Waals surface area contributed by atoms with Crippen LogP contribution < -0.4 is 16.0 Å². The number of rotatable bonds is 11. The number of thiazole rings is 1. The van der Waals surface area contributed by atoms with E-state index in [9.17, 15) is 18.8 Å². The first kappa shape index (κ1) is 34.5. The lowest BCUT2D eigenvalue weighted by Gasteiger charge is -2.17. The van der Waals surface area contributed by atoms with E-state index in [2.05, 4.69) is 36.9 Å². The Hall–Kier alpha value is -5.36. The number of amides is 3. The van der Waals surface area contributed by atoms with Crippen LogP contribution in [-0.2, 0) is 9.59 Å². The van der Waals surface area contributed by atoms with Crippen LogP contribution in [0, 0.1) is 5.82 Å². The Morgan fingerprint density at radius 2 is 1.50 bits per heavy atom. The molecule has 3 N–H and O–H groups in total. The number of carbonyl (C=O) groups is 3. The molecule has 1 aromatic heterocycles. The van der Waals surface area contributed by atoms with Crippen LogP contribution >= 0.6 is 39.0 Å². The van der Waals surface area contributed by atoms with Crippen molar-refractivity contribution in [1.82, 2.24) is 10.3 Å². The molecular weight excluding hydrogens is 735 g/mol. The zero-order valence-electron chi connectivity index (χ0n) is 26.2. The second-order valence-electron chi connectivity index (χ2n) is 10.8. The smallest absolute Gasteiger partial charge is 0.272 e. The Morgan fingerprint density at radius 3 is 2.24 bits per heavy atom. The van der Waals surface area contributed by atoms with Crippen molar-refractivity contribution in [2.75, 3.05) is 10.6 Å². The number of thioether (sulfide) groups is 1. The zero-order valence-corrected chi connectivity index (χ0v) is 29.4. The first-order valence-electron chi connectivity index (χ1n) is 15.3. The van der Waals surface area contributed by atoms with E-state index in [-0.39, 0.29) is 17.2 Å². The lowest BCUT2D eigenvalue weighted by molar-refractivity contribution is -0.116. The van der Waals surface area contributed by atoms with Crippen LogP contribution in [0.1, 0.15) is 26.7 Å². The molecule has 0 spiro atoms. The minimum Gasteiger partial charge on any atom is -0.321 e. The lowest BCUT2D eigenvalue weighted by atomic mass is 10.1. The van der Waals surface area contributed by atoms with Crippen LogP contribution in [0.3, 0.4) is 0 Å². The summed E-state index contributed by atoms with van der Waals surface area (Å²) in [5, 5.41) is 10.1. The largest absolute Gasteiger partial charge is 0.321 e. The van der Waals surface area contributed by atoms with E-state index in [1.54, 1.807) is 60.7 Å². The van der Waals surface area contributed by atoms with Gasteiger partial charge in [0.1, 0.15) is 16.8 Å². The fraction of sp³-hybridized carbons (Fsp3) is 0.0256. The highest BCUT2D eigenvalue weighted by molar-refractivity contribution is 9.10. The molecule has 0 fully saturated rings. The van der Waals surface area contributed by atoms with Crippen molar-refractivity contribution in [2.45, 2.75) is 10.1 Å². The molecule has 1 atom stereocenters. The van der Waals surface area contributed by atoms with E-state index < -0.39 is 22.9 Å². The number of halogens is 2. The first-order chi connectivity index (χ1) is 24.3. The summed E-state index contributed by atoms with van der Waals surface area (Å²) < 4.78 is 15.5. The van der Waals surface area contributed by atoms with Crippen molar-refractivity contribution in [3.8, 4) is 11.3 Å². The van der Waals surface area contributed by atoms with E-state index >= 15 is 0 Å². The Labute approximate surface area is 304 Å². The number of benzene rings is 5. The lowest BCUT2D eigenvalue weighted by Crippen LogP contribution is -2.30. The van der Waals surface area contributed by atoms with E-state index in [1.807, 2.05) is 66.0 Å². The molecule has 5 aromatic carbocycles. The maximum Gasteiger partial charge on any atom is 0.272 e. The van der Waals surface area contributed by atoms with Gasteiger partial charge < -0.3 is 16.0 Å². The van der Waals surface area contributed by atoms with E-state index in [0.717, 1.165) is 21.3 Å². The maximum absolute atomic E-state index is 14.6. The van der Waals surface area contributed by atoms with Gasteiger partial charge in [-0.15, -0.1) is 23.1 Å². The molecular formula is C39H28BrFN4O3S2. The van der Waals surface area contributed by atoms with Crippen LogP contribution in [0.25, 0.3) is 17.3 Å². The van der Waals surface area contributed by atoms with Crippen LogP contribution in [0.5, 0.6) is 0 Å². The van der Waals surface area contributed by atoms with Gasteiger partial charge in [-0.1, -0.05) is 101 Å². The highest BCUT2D eigenvalue weighted by Crippen LogP contribution is 2.38. The second kappa shape index (κ2) is 16.4. The van der Waals surface area contributed by atoms with Crippen LogP contribution in [0.4, 0.5) is 15.2 Å². The Morgan fingerprint density at radius 1 is 0.800 bits per heavy atom. The topological polar surface area (TPSA) is 100 Å². The molecule has 0 aliphatic rings. The quantitative estimate of drug-likeness (QED) is 0.0902. The first-order valence-corrected chi connectivity index (χ1v) is 17.9. The van der Waals surface area contributed by atoms with Gasteiger partial charge in [0, 0.05) is 37.1 Å². The van der Waals surface area contributed by atoms with E-state index in [0.29, 0.717) is 21.3 Å². The third-order valence-corrected chi connectivity index (χ3v) is 9.83. The third-order valence-electron chi connectivity index (χ3n) is 7.29. The molecule has 6 aromatic rings. The molecule has 0 aliphatic heterocycles. The summed E-state index contributed by atoms with van der Waals surface area (Å²) in [7, 11) is 0. The van der Waals surface area contributed by atoms with Gasteiger partial charge in [-0.3, -0.25) is 14.4 Å². The molecule has 7 nitrogen and oxygen atoms in total. The van der Waals surface area contributed by atoms with Crippen LogP contribution in [0.2, 0.25) is 0 Å². The summed E-state index contributed by atoms with van der Waals surface area (Å²) in [6, 6.07) is 38.6. The molecule has 0 radical (unpaired) electrons. The summed E-state index contributed by atoms with van der Waals surface area (Å²) in [6.07, 6.45) is 1.29. The van der Waals surface area contributed by atoms with Crippen molar-refractivity contribution >= 4 is 73.6 Å². The zero-order chi connectivity index (χ0) is 34.9. The predicted molar refractivity (Wildman–Crippen MR) is 202 cm³/mol. The van der Waals surface area contributed by atoms with Gasteiger partial charge in [-0.25, -0.2) is 9.37 Å². The molecule has 1 unspecified atom stereocenters. The maximum atomic E-state index is 14.6. The predicted octanol–water partition coefficient (Wildman–Crippen LogP) is 9.59. The molecule has 0 saturated carbocycles. The molecule has 3 amide bonds. The number of anilines is 2. The van der Waals surface area contributed by atoms with Gasteiger partial charge in [-0.05, 0) is 60.2 Å². The van der Waals surface area contributed by atoms with Crippen molar-refractivity contribution in [1.29, 1.82) is 0 Å². The monoisotopic (exact) mass is 762 g/mol. The van der Waals surface area contributed by atoms with Gasteiger partial charge in [0.05, 0.1) is 5.69 Å². The number of carbonyl (C=O) groups excluding carboxylic acids is 3. The fourth-order valence-electron chi connectivity index (χ4n) is 4.83. The number of nitrogens with one attached hydrogen (secondary N) is 3. The van der Waals surface area contributed by atoms with Crippen LogP contribution in [0.15, 0.2) is 154 Å². The third kappa shape index (κ3) is 9.00. The summed E-state index contributed by atoms with van der Waals surface area (Å²) in [4.78, 5) is 45.7. The van der Waals surface area contributed by atoms with E-state index in [4.69, 9.17) is 0 Å². The van der Waals surface area contributed by atoms with Gasteiger partial charge in [-0.2, -0.15) is 0 Å². The average Bonchev–Trinajstić information content (AvgIpc) is 3.60. The molecule has 11 heteroatoms. The van der Waals surface area contributed by atoms with Gasteiger partial charge >= 0.3 is 0 Å². The van der Waals surface area contributed by atoms with Crippen molar-refractivity contribution < 1.29 is 18.8 Å². The van der Waals surface area contributed by atoms with E-state index in [1.165, 1.54) is 41.3 Å². The summed E-state index contributed by atoms with van der Waals surface area (Å²) in [5.41, 5.74) is 3.22. The Kier molecular flexibility index (Phi) is 11.3. The molecule has 0 saturated heterocycles. The summed E-state index contributed by atoms with van der Waals surface area (Å²) >= 11 is 6.10. The minimum absolute atomic E-state index is 0.135. The van der Waals surface area contributed by atoms with Gasteiger partial charge in [0.2, 0.25) is 5.91 Å². The molecule has 50 heavy (non-hydrogen) atoms. The molecule has 1 heterocycles. The molecule has 0 aliphatic carbocycles. The van der Waals surface area contributed by atoms with Gasteiger partial charge in [0.25, 0.3) is 11.8 Å². The minimum atomic E-state index is -0.651. The molecule has 6 rings (SSSR count). The normalized spacial score (nSPS) is 11.8. The highest BCUT2D eigenvalue weighted by atomic mass is 79.9. The Bertz CT molecular complexity index is 2160. The number of hydrogen-bond acceptors (Lipinski definition) is 6. The number of nitrogens with zero attached hydrogens (tertiary/aromatic N) is 1. The Balaban J connectivity index is 1.21. The van der Waals surface area contributed by atoms with Crippen LogP contribution in [-0.4, -0.2) is 22.7 Å². The van der Waals surface area contributed by atoms with Gasteiger partial charge in [0.15, 0.2) is 5.13 Å². The molecule has 248 valence electrons. The fourth-order valence-corrected chi connectivity index (χ4v) is 6.90. The number of hydrogen-bond donors (Lipinski definition) is 3. The van der Waals surface area contributed by atoms with Crippen molar-refractivity contribution in [3.05, 3.63) is 172 Å².